The number of benzene rings is 2. The predicted octanol–water partition coefficient (Wildman–Crippen LogP) is 3.02. The van der Waals surface area contributed by atoms with Gasteiger partial charge in [-0.1, -0.05) is 6.07 Å². The highest BCUT2D eigenvalue weighted by atomic mass is 16.5. The van der Waals surface area contributed by atoms with Crippen LogP contribution in [0.15, 0.2) is 30.3 Å². The van der Waals surface area contributed by atoms with Crippen LogP contribution >= 0.6 is 0 Å². The topological polar surface area (TPSA) is 58.2 Å². The molecular formula is C19H25NO5. The minimum atomic E-state index is 0.591. The van der Waals surface area contributed by atoms with E-state index in [-0.39, 0.29) is 0 Å². The van der Waals surface area contributed by atoms with Crippen LogP contribution in [0.2, 0.25) is 0 Å². The third-order valence-corrected chi connectivity index (χ3v) is 3.83. The SMILES string of the molecule is COc1ccc(CNCc2cc(OC)c(OC)c(OC)c2)cc1OC. The highest BCUT2D eigenvalue weighted by Gasteiger charge is 2.13. The molecule has 0 aliphatic heterocycles. The average Bonchev–Trinajstić information content (AvgIpc) is 2.66. The number of rotatable bonds is 9. The summed E-state index contributed by atoms with van der Waals surface area (Å²) in [5.41, 5.74) is 2.14. The van der Waals surface area contributed by atoms with Crippen LogP contribution in [0.5, 0.6) is 28.7 Å². The Morgan fingerprint density at radius 1 is 0.600 bits per heavy atom. The lowest BCUT2D eigenvalue weighted by Crippen LogP contribution is -2.13. The molecule has 6 nitrogen and oxygen atoms in total. The van der Waals surface area contributed by atoms with E-state index >= 15 is 0 Å². The van der Waals surface area contributed by atoms with E-state index in [0.717, 1.165) is 22.6 Å². The lowest BCUT2D eigenvalue weighted by molar-refractivity contribution is 0.323. The van der Waals surface area contributed by atoms with Crippen molar-refractivity contribution in [2.75, 3.05) is 35.5 Å². The first-order valence-electron chi connectivity index (χ1n) is 7.87. The summed E-state index contributed by atoms with van der Waals surface area (Å²) in [4.78, 5) is 0. The maximum absolute atomic E-state index is 5.38. The second kappa shape index (κ2) is 9.03. The van der Waals surface area contributed by atoms with Gasteiger partial charge < -0.3 is 29.0 Å². The van der Waals surface area contributed by atoms with Crippen molar-refractivity contribution in [1.29, 1.82) is 0 Å². The molecule has 0 atom stereocenters. The van der Waals surface area contributed by atoms with E-state index in [2.05, 4.69) is 5.32 Å². The van der Waals surface area contributed by atoms with Gasteiger partial charge in [0.15, 0.2) is 23.0 Å². The normalized spacial score (nSPS) is 10.3. The molecule has 0 saturated carbocycles. The van der Waals surface area contributed by atoms with Crippen LogP contribution < -0.4 is 29.0 Å². The highest BCUT2D eigenvalue weighted by Crippen LogP contribution is 2.38. The molecule has 0 heterocycles. The summed E-state index contributed by atoms with van der Waals surface area (Å²) in [7, 11) is 8.07. The fourth-order valence-corrected chi connectivity index (χ4v) is 2.58. The van der Waals surface area contributed by atoms with E-state index in [1.807, 2.05) is 30.3 Å². The third-order valence-electron chi connectivity index (χ3n) is 3.83. The largest absolute Gasteiger partial charge is 0.493 e. The van der Waals surface area contributed by atoms with Crippen molar-refractivity contribution in [1.82, 2.24) is 5.32 Å². The molecule has 2 aromatic carbocycles. The highest BCUT2D eigenvalue weighted by molar-refractivity contribution is 5.53. The van der Waals surface area contributed by atoms with Crippen molar-refractivity contribution in [3.05, 3.63) is 41.5 Å². The van der Waals surface area contributed by atoms with Gasteiger partial charge in [0.25, 0.3) is 0 Å². The summed E-state index contributed by atoms with van der Waals surface area (Å²) in [6.07, 6.45) is 0. The van der Waals surface area contributed by atoms with Gasteiger partial charge in [0, 0.05) is 13.1 Å². The van der Waals surface area contributed by atoms with Gasteiger partial charge in [-0.15, -0.1) is 0 Å². The predicted molar refractivity (Wildman–Crippen MR) is 96.2 cm³/mol. The lowest BCUT2D eigenvalue weighted by Gasteiger charge is -2.15. The lowest BCUT2D eigenvalue weighted by atomic mass is 10.1. The van der Waals surface area contributed by atoms with Crippen LogP contribution in [-0.4, -0.2) is 35.5 Å². The number of hydrogen-bond acceptors (Lipinski definition) is 6. The van der Waals surface area contributed by atoms with Crippen LogP contribution in [0, 0.1) is 0 Å². The first-order valence-corrected chi connectivity index (χ1v) is 7.87. The third kappa shape index (κ3) is 4.48. The zero-order chi connectivity index (χ0) is 18.2. The molecule has 0 unspecified atom stereocenters. The van der Waals surface area contributed by atoms with Crippen molar-refractivity contribution in [2.24, 2.45) is 0 Å². The standard InChI is InChI=1S/C19H25NO5/c1-21-15-7-6-13(8-16(15)22-2)11-20-12-14-9-17(23-3)19(25-5)18(10-14)24-4/h6-10,20H,11-12H2,1-5H3. The van der Waals surface area contributed by atoms with Gasteiger partial charge in [0.1, 0.15) is 0 Å². The number of methoxy groups -OCH3 is 5. The fraction of sp³-hybridized carbons (Fsp3) is 0.368. The zero-order valence-corrected chi connectivity index (χ0v) is 15.3. The molecule has 0 aromatic heterocycles. The van der Waals surface area contributed by atoms with E-state index in [1.165, 1.54) is 0 Å². The van der Waals surface area contributed by atoms with Gasteiger partial charge in [0.05, 0.1) is 35.5 Å². The summed E-state index contributed by atoms with van der Waals surface area (Å²) in [5.74, 6) is 3.31. The Kier molecular flexibility index (Phi) is 6.77. The molecule has 0 aliphatic rings. The molecule has 0 amide bonds. The van der Waals surface area contributed by atoms with E-state index < -0.39 is 0 Å². The Labute approximate surface area is 148 Å². The van der Waals surface area contributed by atoms with Crippen molar-refractivity contribution in [3.63, 3.8) is 0 Å². The number of nitrogens with one attached hydrogen (secondary N) is 1. The molecule has 0 saturated heterocycles. The summed E-state index contributed by atoms with van der Waals surface area (Å²) in [6.45, 7) is 1.35. The smallest absolute Gasteiger partial charge is 0.203 e. The molecular weight excluding hydrogens is 322 g/mol. The summed E-state index contributed by atoms with van der Waals surface area (Å²) >= 11 is 0. The van der Waals surface area contributed by atoms with Crippen LogP contribution in [0.3, 0.4) is 0 Å². The Bertz CT molecular complexity index is 677. The van der Waals surface area contributed by atoms with Crippen LogP contribution in [0.25, 0.3) is 0 Å². The van der Waals surface area contributed by atoms with Crippen molar-refractivity contribution < 1.29 is 23.7 Å². The van der Waals surface area contributed by atoms with E-state index in [0.29, 0.717) is 30.3 Å². The zero-order valence-electron chi connectivity index (χ0n) is 15.3. The molecule has 136 valence electrons. The Balaban J connectivity index is 2.06. The Hall–Kier alpha value is -2.60. The van der Waals surface area contributed by atoms with Crippen molar-refractivity contribution in [2.45, 2.75) is 13.1 Å². The first kappa shape index (κ1) is 18.7. The van der Waals surface area contributed by atoms with Crippen LogP contribution in [0.4, 0.5) is 0 Å². The minimum Gasteiger partial charge on any atom is -0.493 e. The molecule has 2 rings (SSSR count). The van der Waals surface area contributed by atoms with Crippen LogP contribution in [0.1, 0.15) is 11.1 Å². The van der Waals surface area contributed by atoms with E-state index in [9.17, 15) is 0 Å². The van der Waals surface area contributed by atoms with Gasteiger partial charge in [-0.05, 0) is 35.4 Å². The second-order valence-electron chi connectivity index (χ2n) is 5.33. The Morgan fingerprint density at radius 2 is 1.12 bits per heavy atom. The monoisotopic (exact) mass is 347 g/mol. The molecule has 6 heteroatoms. The van der Waals surface area contributed by atoms with E-state index in [1.54, 1.807) is 35.5 Å². The van der Waals surface area contributed by atoms with Gasteiger partial charge >= 0.3 is 0 Å². The van der Waals surface area contributed by atoms with Gasteiger partial charge in [-0.2, -0.15) is 0 Å². The maximum atomic E-state index is 5.38. The summed E-state index contributed by atoms with van der Waals surface area (Å²) in [6, 6.07) is 9.73. The average molecular weight is 347 g/mol. The second-order valence-corrected chi connectivity index (χ2v) is 5.33. The van der Waals surface area contributed by atoms with Crippen molar-refractivity contribution >= 4 is 0 Å². The number of hydrogen-bond donors (Lipinski definition) is 1. The summed E-state index contributed by atoms with van der Waals surface area (Å²) in [5, 5.41) is 3.40. The quantitative estimate of drug-likeness (QED) is 0.752. The first-order chi connectivity index (χ1) is 12.2. The van der Waals surface area contributed by atoms with Gasteiger partial charge in [-0.3, -0.25) is 0 Å². The van der Waals surface area contributed by atoms with Crippen molar-refractivity contribution in [3.8, 4) is 28.7 Å². The molecule has 25 heavy (non-hydrogen) atoms. The van der Waals surface area contributed by atoms with Gasteiger partial charge in [-0.25, -0.2) is 0 Å². The molecule has 0 aliphatic carbocycles. The maximum Gasteiger partial charge on any atom is 0.203 e. The van der Waals surface area contributed by atoms with Gasteiger partial charge in [0.2, 0.25) is 5.75 Å². The molecule has 0 bridgehead atoms. The summed E-state index contributed by atoms with van der Waals surface area (Å²) < 4.78 is 26.7. The molecule has 2 aromatic rings. The Morgan fingerprint density at radius 3 is 1.64 bits per heavy atom. The molecule has 1 N–H and O–H groups in total. The van der Waals surface area contributed by atoms with E-state index in [4.69, 9.17) is 23.7 Å². The molecule has 0 spiro atoms. The van der Waals surface area contributed by atoms with Crippen LogP contribution in [-0.2, 0) is 13.1 Å². The molecule has 0 fully saturated rings. The fourth-order valence-electron chi connectivity index (χ4n) is 2.58. The molecule has 0 radical (unpaired) electrons. The minimum absolute atomic E-state index is 0.591. The number of ether oxygens (including phenoxy) is 5.